The molecule has 0 atom stereocenters. The first-order chi connectivity index (χ1) is 9.71. The van der Waals surface area contributed by atoms with E-state index in [4.69, 9.17) is 10.4 Å². The number of nitriles is 1. The second-order valence-corrected chi connectivity index (χ2v) is 4.15. The number of aromatic nitrogens is 2. The van der Waals surface area contributed by atoms with Crippen LogP contribution in [0.3, 0.4) is 0 Å². The van der Waals surface area contributed by atoms with Crippen LogP contribution < -0.4 is 10.6 Å². The number of aryl methyl sites for hydroxylation is 1. The predicted molar refractivity (Wildman–Crippen MR) is 76.8 cm³/mol. The van der Waals surface area contributed by atoms with Crippen LogP contribution in [0.1, 0.15) is 11.4 Å². The summed E-state index contributed by atoms with van der Waals surface area (Å²) in [5.74, 6) is 1.89. The van der Waals surface area contributed by atoms with Crippen molar-refractivity contribution in [3.05, 3.63) is 41.7 Å². The third-order valence-corrected chi connectivity index (χ3v) is 2.52. The molecule has 0 spiro atoms. The summed E-state index contributed by atoms with van der Waals surface area (Å²) in [6, 6.07) is 11.0. The van der Waals surface area contributed by atoms with Gasteiger partial charge >= 0.3 is 0 Å². The highest BCUT2D eigenvalue weighted by Crippen LogP contribution is 2.18. The van der Waals surface area contributed by atoms with Crippen molar-refractivity contribution in [2.45, 2.75) is 6.92 Å². The predicted octanol–water partition coefficient (Wildman–Crippen LogP) is 1.80. The van der Waals surface area contributed by atoms with Gasteiger partial charge in [-0.3, -0.25) is 0 Å². The second-order valence-electron chi connectivity index (χ2n) is 4.15. The molecule has 102 valence electrons. The summed E-state index contributed by atoms with van der Waals surface area (Å²) in [6.07, 6.45) is 0. The molecular formula is C14H15N5O. The van der Waals surface area contributed by atoms with E-state index in [9.17, 15) is 0 Å². The number of anilines is 3. The molecule has 0 saturated carbocycles. The summed E-state index contributed by atoms with van der Waals surface area (Å²) in [4.78, 5) is 8.51. The van der Waals surface area contributed by atoms with Gasteiger partial charge in [0.2, 0.25) is 0 Å². The summed E-state index contributed by atoms with van der Waals surface area (Å²) in [5.41, 5.74) is 1.37. The Kier molecular flexibility index (Phi) is 4.47. The maximum atomic E-state index is 8.88. The largest absolute Gasteiger partial charge is 0.395 e. The van der Waals surface area contributed by atoms with E-state index in [0.29, 0.717) is 29.6 Å². The molecule has 0 aliphatic carbocycles. The highest BCUT2D eigenvalue weighted by molar-refractivity contribution is 5.60. The van der Waals surface area contributed by atoms with Crippen LogP contribution in [0.15, 0.2) is 30.3 Å². The second kappa shape index (κ2) is 6.50. The lowest BCUT2D eigenvalue weighted by molar-refractivity contribution is 0.311. The highest BCUT2D eigenvalue weighted by atomic mass is 16.3. The van der Waals surface area contributed by atoms with Crippen molar-refractivity contribution in [3.63, 3.8) is 0 Å². The quantitative estimate of drug-likeness (QED) is 0.766. The normalized spacial score (nSPS) is 9.85. The lowest BCUT2D eigenvalue weighted by Gasteiger charge is -2.09. The standard InChI is InChI=1S/C14H15N5O/c1-10-17-13(16-5-6-20)8-14(18-10)19-12-4-2-3-11(7-12)9-15/h2-4,7-8,20H,5-6H2,1H3,(H2,16,17,18,19). The molecule has 0 bridgehead atoms. The first kappa shape index (κ1) is 13.8. The Morgan fingerprint density at radius 1 is 1.25 bits per heavy atom. The molecular weight excluding hydrogens is 254 g/mol. The molecule has 1 aromatic heterocycles. The van der Waals surface area contributed by atoms with Crippen molar-refractivity contribution in [3.8, 4) is 6.07 Å². The molecule has 0 aliphatic rings. The Balaban J connectivity index is 2.20. The van der Waals surface area contributed by atoms with E-state index in [0.717, 1.165) is 5.69 Å². The molecule has 0 aliphatic heterocycles. The smallest absolute Gasteiger partial charge is 0.136 e. The maximum absolute atomic E-state index is 8.88. The summed E-state index contributed by atoms with van der Waals surface area (Å²) in [6.45, 7) is 2.26. The zero-order valence-electron chi connectivity index (χ0n) is 11.1. The third-order valence-electron chi connectivity index (χ3n) is 2.52. The molecule has 2 rings (SSSR count). The van der Waals surface area contributed by atoms with Gasteiger partial charge < -0.3 is 15.7 Å². The van der Waals surface area contributed by atoms with Crippen LogP contribution in [0.2, 0.25) is 0 Å². The zero-order chi connectivity index (χ0) is 14.4. The van der Waals surface area contributed by atoms with Crippen molar-refractivity contribution in [2.75, 3.05) is 23.8 Å². The minimum absolute atomic E-state index is 0.0377. The molecule has 20 heavy (non-hydrogen) atoms. The molecule has 3 N–H and O–H groups in total. The monoisotopic (exact) mass is 269 g/mol. The maximum Gasteiger partial charge on any atom is 0.136 e. The molecule has 1 heterocycles. The van der Waals surface area contributed by atoms with E-state index in [2.05, 4.69) is 26.7 Å². The fraction of sp³-hybridized carbons (Fsp3) is 0.214. The van der Waals surface area contributed by atoms with E-state index in [-0.39, 0.29) is 6.61 Å². The van der Waals surface area contributed by atoms with Crippen LogP contribution in [0, 0.1) is 18.3 Å². The van der Waals surface area contributed by atoms with Crippen LogP contribution in [-0.4, -0.2) is 28.2 Å². The topological polar surface area (TPSA) is 93.9 Å². The van der Waals surface area contributed by atoms with Gasteiger partial charge in [-0.05, 0) is 25.1 Å². The molecule has 0 unspecified atom stereocenters. The van der Waals surface area contributed by atoms with E-state index < -0.39 is 0 Å². The first-order valence-electron chi connectivity index (χ1n) is 6.19. The van der Waals surface area contributed by atoms with Gasteiger partial charge in [-0.15, -0.1) is 0 Å². The number of hydrogen-bond donors (Lipinski definition) is 3. The van der Waals surface area contributed by atoms with Crippen LogP contribution in [-0.2, 0) is 0 Å². The van der Waals surface area contributed by atoms with Gasteiger partial charge in [-0.25, -0.2) is 9.97 Å². The van der Waals surface area contributed by atoms with E-state index in [1.165, 1.54) is 0 Å². The summed E-state index contributed by atoms with van der Waals surface area (Å²) in [7, 11) is 0. The lowest BCUT2D eigenvalue weighted by Crippen LogP contribution is -2.08. The number of rotatable bonds is 5. The molecule has 6 heteroatoms. The van der Waals surface area contributed by atoms with Gasteiger partial charge in [0.1, 0.15) is 17.5 Å². The first-order valence-corrected chi connectivity index (χ1v) is 6.19. The highest BCUT2D eigenvalue weighted by Gasteiger charge is 2.02. The van der Waals surface area contributed by atoms with Gasteiger partial charge in [0.15, 0.2) is 0 Å². The number of hydrogen-bond acceptors (Lipinski definition) is 6. The van der Waals surface area contributed by atoms with Gasteiger partial charge in [-0.1, -0.05) is 6.07 Å². The Morgan fingerprint density at radius 3 is 2.80 bits per heavy atom. The fourth-order valence-electron chi connectivity index (χ4n) is 1.72. The summed E-state index contributed by atoms with van der Waals surface area (Å²) < 4.78 is 0. The average Bonchev–Trinajstić information content (AvgIpc) is 2.44. The lowest BCUT2D eigenvalue weighted by atomic mass is 10.2. The number of aliphatic hydroxyl groups excluding tert-OH is 1. The molecule has 0 fully saturated rings. The number of benzene rings is 1. The van der Waals surface area contributed by atoms with Crippen LogP contribution in [0.5, 0.6) is 0 Å². The minimum Gasteiger partial charge on any atom is -0.395 e. The van der Waals surface area contributed by atoms with Gasteiger partial charge in [-0.2, -0.15) is 5.26 Å². The Morgan fingerprint density at radius 2 is 2.05 bits per heavy atom. The van der Waals surface area contributed by atoms with Crippen LogP contribution in [0.25, 0.3) is 0 Å². The van der Waals surface area contributed by atoms with Crippen molar-refractivity contribution >= 4 is 17.3 Å². The molecule has 6 nitrogen and oxygen atoms in total. The van der Waals surface area contributed by atoms with E-state index >= 15 is 0 Å². The number of nitrogens with zero attached hydrogens (tertiary/aromatic N) is 3. The summed E-state index contributed by atoms with van der Waals surface area (Å²) in [5, 5.41) is 23.8. The fourth-order valence-corrected chi connectivity index (χ4v) is 1.72. The minimum atomic E-state index is 0.0377. The Hall–Kier alpha value is -2.65. The number of nitrogens with one attached hydrogen (secondary N) is 2. The molecule has 2 aromatic rings. The van der Waals surface area contributed by atoms with Gasteiger partial charge in [0.25, 0.3) is 0 Å². The van der Waals surface area contributed by atoms with Gasteiger partial charge in [0.05, 0.1) is 18.2 Å². The van der Waals surface area contributed by atoms with Crippen molar-refractivity contribution in [2.24, 2.45) is 0 Å². The summed E-state index contributed by atoms with van der Waals surface area (Å²) >= 11 is 0. The average molecular weight is 269 g/mol. The van der Waals surface area contributed by atoms with Crippen molar-refractivity contribution < 1.29 is 5.11 Å². The Labute approximate surface area is 117 Å². The van der Waals surface area contributed by atoms with E-state index in [1.54, 1.807) is 31.2 Å². The van der Waals surface area contributed by atoms with E-state index in [1.807, 2.05) is 6.07 Å². The van der Waals surface area contributed by atoms with Crippen LogP contribution in [0.4, 0.5) is 17.3 Å². The SMILES string of the molecule is Cc1nc(NCCO)cc(Nc2cccc(C#N)c2)n1. The van der Waals surface area contributed by atoms with Gasteiger partial charge in [0, 0.05) is 18.3 Å². The van der Waals surface area contributed by atoms with Crippen LogP contribution >= 0.6 is 0 Å². The third kappa shape index (κ3) is 3.67. The zero-order valence-corrected chi connectivity index (χ0v) is 11.1. The Bertz CT molecular complexity index is 636. The molecule has 1 aromatic carbocycles. The van der Waals surface area contributed by atoms with Crippen molar-refractivity contribution in [1.29, 1.82) is 5.26 Å². The number of aliphatic hydroxyl groups is 1. The molecule has 0 saturated heterocycles. The molecule has 0 radical (unpaired) electrons. The molecule has 0 amide bonds. The van der Waals surface area contributed by atoms with Crippen molar-refractivity contribution in [1.82, 2.24) is 9.97 Å².